The smallest absolute Gasteiger partial charge is 0.330 e. The zero-order valence-corrected chi connectivity index (χ0v) is 13.6. The first-order chi connectivity index (χ1) is 10.4. The Morgan fingerprint density at radius 1 is 1.18 bits per heavy atom. The quantitative estimate of drug-likeness (QED) is 0.888. The van der Waals surface area contributed by atoms with Crippen LogP contribution in [0.25, 0.3) is 0 Å². The first-order valence-corrected chi connectivity index (χ1v) is 7.91. The molecule has 0 spiro atoms. The predicted octanol–water partition coefficient (Wildman–Crippen LogP) is 3.41. The second-order valence-electron chi connectivity index (χ2n) is 5.44. The fourth-order valence-electron chi connectivity index (χ4n) is 2.40. The van der Waals surface area contributed by atoms with Gasteiger partial charge < -0.3 is 10.4 Å². The Morgan fingerprint density at radius 3 is 2.32 bits per heavy atom. The molecule has 2 rings (SSSR count). The summed E-state index contributed by atoms with van der Waals surface area (Å²) >= 11 is 1.49. The average Bonchev–Trinajstić information content (AvgIpc) is 2.96. The standard InChI is InChI=1S/C17H19NO3S/c1-10-7-11(2)9-13(8-10)15(17(20)21)18-16(19)12(3)14-5-4-6-22-14/h4-9,12,15H,1-3H3,(H,18,19)(H,20,21). The van der Waals surface area contributed by atoms with Crippen molar-refractivity contribution in [3.8, 4) is 0 Å². The van der Waals surface area contributed by atoms with Crippen molar-refractivity contribution in [3.63, 3.8) is 0 Å². The van der Waals surface area contributed by atoms with E-state index in [-0.39, 0.29) is 11.8 Å². The zero-order valence-electron chi connectivity index (χ0n) is 12.8. The van der Waals surface area contributed by atoms with Crippen LogP contribution in [0.5, 0.6) is 0 Å². The third kappa shape index (κ3) is 3.74. The van der Waals surface area contributed by atoms with Crippen molar-refractivity contribution in [1.29, 1.82) is 0 Å². The number of carbonyl (C=O) groups excluding carboxylic acids is 1. The molecule has 2 N–H and O–H groups in total. The highest BCUT2D eigenvalue weighted by Gasteiger charge is 2.26. The molecule has 0 saturated carbocycles. The summed E-state index contributed by atoms with van der Waals surface area (Å²) in [6.45, 7) is 5.60. The number of benzene rings is 1. The van der Waals surface area contributed by atoms with Gasteiger partial charge in [0.15, 0.2) is 6.04 Å². The van der Waals surface area contributed by atoms with E-state index < -0.39 is 12.0 Å². The molecule has 0 aliphatic heterocycles. The fraction of sp³-hybridized carbons (Fsp3) is 0.294. The Kier molecular flexibility index (Phi) is 4.98. The number of rotatable bonds is 5. The molecule has 116 valence electrons. The Labute approximate surface area is 133 Å². The topological polar surface area (TPSA) is 66.4 Å². The summed E-state index contributed by atoms with van der Waals surface area (Å²) in [7, 11) is 0. The number of amides is 1. The molecule has 1 aromatic carbocycles. The van der Waals surface area contributed by atoms with E-state index in [9.17, 15) is 14.7 Å². The zero-order chi connectivity index (χ0) is 16.3. The summed E-state index contributed by atoms with van der Waals surface area (Å²) in [6.07, 6.45) is 0. The van der Waals surface area contributed by atoms with Gasteiger partial charge in [0.25, 0.3) is 0 Å². The van der Waals surface area contributed by atoms with Crippen LogP contribution in [0.15, 0.2) is 35.7 Å². The van der Waals surface area contributed by atoms with E-state index in [0.717, 1.165) is 16.0 Å². The van der Waals surface area contributed by atoms with Gasteiger partial charge in [0.2, 0.25) is 5.91 Å². The Bertz CT molecular complexity index is 659. The highest BCUT2D eigenvalue weighted by molar-refractivity contribution is 7.10. The monoisotopic (exact) mass is 317 g/mol. The van der Waals surface area contributed by atoms with Gasteiger partial charge in [0.1, 0.15) is 0 Å². The first kappa shape index (κ1) is 16.2. The largest absolute Gasteiger partial charge is 0.479 e. The minimum Gasteiger partial charge on any atom is -0.479 e. The maximum absolute atomic E-state index is 12.3. The molecule has 0 fully saturated rings. The third-order valence-electron chi connectivity index (χ3n) is 3.47. The molecule has 1 heterocycles. The van der Waals surface area contributed by atoms with E-state index >= 15 is 0 Å². The first-order valence-electron chi connectivity index (χ1n) is 7.03. The van der Waals surface area contributed by atoms with E-state index in [0.29, 0.717) is 5.56 Å². The van der Waals surface area contributed by atoms with E-state index in [4.69, 9.17) is 0 Å². The fourth-order valence-corrected chi connectivity index (χ4v) is 3.18. The molecule has 1 aromatic heterocycles. The van der Waals surface area contributed by atoms with Crippen LogP contribution in [-0.2, 0) is 9.59 Å². The van der Waals surface area contributed by atoms with Crippen molar-refractivity contribution in [2.75, 3.05) is 0 Å². The average molecular weight is 317 g/mol. The summed E-state index contributed by atoms with van der Waals surface area (Å²) in [5, 5.41) is 14.0. The molecule has 2 unspecified atom stereocenters. The summed E-state index contributed by atoms with van der Waals surface area (Å²) in [6, 6.07) is 8.28. The molecule has 0 aliphatic carbocycles. The van der Waals surface area contributed by atoms with Crippen molar-refractivity contribution < 1.29 is 14.7 Å². The van der Waals surface area contributed by atoms with Crippen molar-refractivity contribution in [1.82, 2.24) is 5.32 Å². The number of carboxylic acid groups (broad SMARTS) is 1. The van der Waals surface area contributed by atoms with Crippen molar-refractivity contribution in [2.45, 2.75) is 32.7 Å². The number of aliphatic carboxylic acids is 1. The molecule has 22 heavy (non-hydrogen) atoms. The Hall–Kier alpha value is -2.14. The molecule has 4 nitrogen and oxygen atoms in total. The molecule has 0 bridgehead atoms. The Balaban J connectivity index is 2.22. The summed E-state index contributed by atoms with van der Waals surface area (Å²) in [4.78, 5) is 24.8. The number of hydrogen-bond acceptors (Lipinski definition) is 3. The second kappa shape index (κ2) is 6.75. The molecular formula is C17H19NO3S. The lowest BCUT2D eigenvalue weighted by atomic mass is 10.0. The summed E-state index contributed by atoms with van der Waals surface area (Å²) < 4.78 is 0. The van der Waals surface area contributed by atoms with Crippen LogP contribution < -0.4 is 5.32 Å². The van der Waals surface area contributed by atoms with Gasteiger partial charge in [-0.3, -0.25) is 4.79 Å². The number of thiophene rings is 1. The van der Waals surface area contributed by atoms with E-state index in [1.165, 1.54) is 11.3 Å². The number of nitrogens with one attached hydrogen (secondary N) is 1. The van der Waals surface area contributed by atoms with Crippen LogP contribution >= 0.6 is 11.3 Å². The molecule has 1 amide bonds. The van der Waals surface area contributed by atoms with Crippen molar-refractivity contribution in [3.05, 3.63) is 57.3 Å². The summed E-state index contributed by atoms with van der Waals surface area (Å²) in [5.74, 6) is -1.71. The molecule has 2 atom stereocenters. The van der Waals surface area contributed by atoms with Crippen LogP contribution in [0.1, 0.15) is 40.5 Å². The van der Waals surface area contributed by atoms with Gasteiger partial charge in [-0.2, -0.15) is 0 Å². The molecular weight excluding hydrogens is 298 g/mol. The maximum Gasteiger partial charge on any atom is 0.330 e. The van der Waals surface area contributed by atoms with Gasteiger partial charge in [-0.25, -0.2) is 4.79 Å². The lowest BCUT2D eigenvalue weighted by Crippen LogP contribution is -2.36. The normalized spacial score (nSPS) is 13.4. The van der Waals surface area contributed by atoms with Crippen LogP contribution in [0.2, 0.25) is 0 Å². The van der Waals surface area contributed by atoms with Crippen LogP contribution in [-0.4, -0.2) is 17.0 Å². The van der Waals surface area contributed by atoms with Crippen molar-refractivity contribution >= 4 is 23.2 Å². The van der Waals surface area contributed by atoms with E-state index in [1.807, 2.05) is 37.4 Å². The lowest BCUT2D eigenvalue weighted by Gasteiger charge is -2.18. The van der Waals surface area contributed by atoms with E-state index in [2.05, 4.69) is 5.32 Å². The third-order valence-corrected chi connectivity index (χ3v) is 4.53. The van der Waals surface area contributed by atoms with Gasteiger partial charge in [0, 0.05) is 4.88 Å². The highest BCUT2D eigenvalue weighted by Crippen LogP contribution is 2.23. The predicted molar refractivity (Wildman–Crippen MR) is 87.2 cm³/mol. The van der Waals surface area contributed by atoms with Gasteiger partial charge >= 0.3 is 5.97 Å². The van der Waals surface area contributed by atoms with Crippen molar-refractivity contribution in [2.24, 2.45) is 0 Å². The van der Waals surface area contributed by atoms with Gasteiger partial charge in [-0.1, -0.05) is 35.4 Å². The Morgan fingerprint density at radius 2 is 1.82 bits per heavy atom. The number of hydrogen-bond donors (Lipinski definition) is 2. The highest BCUT2D eigenvalue weighted by atomic mass is 32.1. The SMILES string of the molecule is Cc1cc(C)cc(C(NC(=O)C(C)c2cccs2)C(=O)O)c1. The number of carboxylic acids is 1. The van der Waals surface area contributed by atoms with Crippen LogP contribution in [0, 0.1) is 13.8 Å². The lowest BCUT2D eigenvalue weighted by molar-refractivity contribution is -0.142. The van der Waals surface area contributed by atoms with Crippen LogP contribution in [0.4, 0.5) is 0 Å². The minimum atomic E-state index is -1.06. The number of carbonyl (C=O) groups is 2. The molecule has 0 saturated heterocycles. The minimum absolute atomic E-state index is 0.283. The van der Waals surface area contributed by atoms with Gasteiger partial charge in [-0.15, -0.1) is 11.3 Å². The van der Waals surface area contributed by atoms with Gasteiger partial charge in [-0.05, 0) is 37.8 Å². The molecule has 5 heteroatoms. The maximum atomic E-state index is 12.3. The summed E-state index contributed by atoms with van der Waals surface area (Å²) in [5.41, 5.74) is 2.54. The number of aryl methyl sites for hydroxylation is 2. The second-order valence-corrected chi connectivity index (χ2v) is 6.42. The van der Waals surface area contributed by atoms with E-state index in [1.54, 1.807) is 19.1 Å². The molecule has 2 aromatic rings. The van der Waals surface area contributed by atoms with Gasteiger partial charge in [0.05, 0.1) is 5.92 Å². The molecule has 0 aliphatic rings. The van der Waals surface area contributed by atoms with Crippen LogP contribution in [0.3, 0.4) is 0 Å². The molecule has 0 radical (unpaired) electrons.